The van der Waals surface area contributed by atoms with E-state index in [1.54, 1.807) is 25.3 Å². The molecule has 1 N–H and O–H groups in total. The quantitative estimate of drug-likeness (QED) is 0.664. The van der Waals surface area contributed by atoms with Gasteiger partial charge in [-0.1, -0.05) is 29.8 Å². The maximum Gasteiger partial charge on any atom is 0.307 e. The molecule has 1 heterocycles. The number of benzene rings is 1. The van der Waals surface area contributed by atoms with Gasteiger partial charge >= 0.3 is 5.91 Å². The highest BCUT2D eigenvalue weighted by atomic mass is 16.3. The third-order valence-corrected chi connectivity index (χ3v) is 2.42. The summed E-state index contributed by atoms with van der Waals surface area (Å²) in [6.07, 6.45) is 1.59. The molecule has 1 aromatic carbocycles. The van der Waals surface area contributed by atoms with Crippen molar-refractivity contribution >= 4 is 12.1 Å². The Kier molecular flexibility index (Phi) is 3.57. The summed E-state index contributed by atoms with van der Waals surface area (Å²) in [6, 6.07) is 11.2. The van der Waals surface area contributed by atoms with Crippen molar-refractivity contribution < 1.29 is 9.21 Å². The summed E-state index contributed by atoms with van der Waals surface area (Å²) in [4.78, 5) is 11.6. The molecule has 0 aliphatic carbocycles. The highest BCUT2D eigenvalue weighted by molar-refractivity contribution is 5.92. The fraction of sp³-hybridized carbons (Fsp3) is 0.143. The lowest BCUT2D eigenvalue weighted by atomic mass is 10.2. The molecule has 18 heavy (non-hydrogen) atoms. The Morgan fingerprint density at radius 2 is 1.89 bits per heavy atom. The third-order valence-electron chi connectivity index (χ3n) is 2.42. The smallest absolute Gasteiger partial charge is 0.307 e. The molecule has 4 heteroatoms. The first-order valence-electron chi connectivity index (χ1n) is 5.61. The Balaban J connectivity index is 1.95. The number of nitrogens with one attached hydrogen (secondary N) is 1. The maximum atomic E-state index is 11.6. The number of hydrogen-bond acceptors (Lipinski definition) is 3. The van der Waals surface area contributed by atoms with Gasteiger partial charge in [0.15, 0.2) is 5.76 Å². The van der Waals surface area contributed by atoms with Crippen LogP contribution < -0.4 is 5.43 Å². The Morgan fingerprint density at radius 1 is 1.17 bits per heavy atom. The predicted octanol–water partition coefficient (Wildman–Crippen LogP) is 2.66. The summed E-state index contributed by atoms with van der Waals surface area (Å²) >= 11 is 0. The van der Waals surface area contributed by atoms with Crippen molar-refractivity contribution in [2.24, 2.45) is 5.10 Å². The van der Waals surface area contributed by atoms with E-state index in [1.807, 2.05) is 31.2 Å². The molecule has 92 valence electrons. The molecule has 0 fully saturated rings. The van der Waals surface area contributed by atoms with Crippen molar-refractivity contribution in [3.8, 4) is 0 Å². The van der Waals surface area contributed by atoms with Gasteiger partial charge in [-0.25, -0.2) is 5.43 Å². The molecule has 0 aliphatic heterocycles. The van der Waals surface area contributed by atoms with Gasteiger partial charge in [0.1, 0.15) is 5.76 Å². The van der Waals surface area contributed by atoms with Crippen LogP contribution in [0, 0.1) is 13.8 Å². The largest absolute Gasteiger partial charge is 0.456 e. The molecule has 0 radical (unpaired) electrons. The molecular formula is C14H14N2O2. The summed E-state index contributed by atoms with van der Waals surface area (Å²) in [5.74, 6) is 0.600. The van der Waals surface area contributed by atoms with Crippen LogP contribution in [0.25, 0.3) is 0 Å². The van der Waals surface area contributed by atoms with Crippen molar-refractivity contribution in [3.05, 3.63) is 59.0 Å². The molecule has 4 nitrogen and oxygen atoms in total. The first-order valence-corrected chi connectivity index (χ1v) is 5.61. The summed E-state index contributed by atoms with van der Waals surface area (Å²) in [5, 5.41) is 3.87. The molecule has 0 spiro atoms. The van der Waals surface area contributed by atoms with Crippen LogP contribution in [0.5, 0.6) is 0 Å². The molecule has 2 aromatic rings. The number of hydrogen-bond donors (Lipinski definition) is 1. The SMILES string of the molecule is Cc1ccc(C=NNC(=O)c2ccc(C)o2)cc1. The first kappa shape index (κ1) is 12.1. The lowest BCUT2D eigenvalue weighted by molar-refractivity contribution is 0.0926. The van der Waals surface area contributed by atoms with Gasteiger partial charge in [0.05, 0.1) is 6.21 Å². The summed E-state index contributed by atoms with van der Waals surface area (Å²) in [5.41, 5.74) is 4.52. The van der Waals surface area contributed by atoms with Crippen LogP contribution in [0.1, 0.15) is 27.4 Å². The minimum Gasteiger partial charge on any atom is -0.456 e. The molecule has 1 aromatic heterocycles. The summed E-state index contributed by atoms with van der Waals surface area (Å²) < 4.78 is 5.18. The zero-order valence-corrected chi connectivity index (χ0v) is 10.3. The van der Waals surface area contributed by atoms with E-state index in [0.29, 0.717) is 5.76 Å². The van der Waals surface area contributed by atoms with E-state index in [0.717, 1.165) is 5.56 Å². The average Bonchev–Trinajstić information content (AvgIpc) is 2.78. The number of amides is 1. The number of carbonyl (C=O) groups is 1. The van der Waals surface area contributed by atoms with Gasteiger partial charge in [-0.3, -0.25) is 4.79 Å². The normalized spacial score (nSPS) is 10.8. The molecule has 0 bridgehead atoms. The monoisotopic (exact) mass is 242 g/mol. The van der Waals surface area contributed by atoms with Gasteiger partial charge in [0.25, 0.3) is 0 Å². The van der Waals surface area contributed by atoms with Crippen molar-refractivity contribution in [1.29, 1.82) is 0 Å². The second-order valence-corrected chi connectivity index (χ2v) is 4.02. The van der Waals surface area contributed by atoms with Gasteiger partial charge in [-0.05, 0) is 31.5 Å². The Bertz CT molecular complexity index is 568. The average molecular weight is 242 g/mol. The number of carbonyl (C=O) groups excluding carboxylic acids is 1. The van der Waals surface area contributed by atoms with Crippen molar-refractivity contribution in [3.63, 3.8) is 0 Å². The molecule has 0 atom stereocenters. The predicted molar refractivity (Wildman–Crippen MR) is 69.7 cm³/mol. The minimum atomic E-state index is -0.355. The van der Waals surface area contributed by atoms with Crippen molar-refractivity contribution in [2.45, 2.75) is 13.8 Å². The molecule has 1 amide bonds. The Morgan fingerprint density at radius 3 is 2.50 bits per heavy atom. The lowest BCUT2D eigenvalue weighted by Crippen LogP contribution is -2.16. The van der Waals surface area contributed by atoms with E-state index in [2.05, 4.69) is 10.5 Å². The fourth-order valence-electron chi connectivity index (χ4n) is 1.43. The molecule has 0 aliphatic rings. The number of rotatable bonds is 3. The van der Waals surface area contributed by atoms with Crippen LogP contribution in [0.2, 0.25) is 0 Å². The Labute approximate surface area is 105 Å². The highest BCUT2D eigenvalue weighted by Crippen LogP contribution is 2.05. The van der Waals surface area contributed by atoms with Gasteiger partial charge < -0.3 is 4.42 Å². The lowest BCUT2D eigenvalue weighted by Gasteiger charge is -1.96. The van der Waals surface area contributed by atoms with E-state index in [1.165, 1.54) is 5.56 Å². The van der Waals surface area contributed by atoms with E-state index < -0.39 is 0 Å². The van der Waals surface area contributed by atoms with Crippen LogP contribution in [-0.4, -0.2) is 12.1 Å². The third kappa shape index (κ3) is 3.07. The topological polar surface area (TPSA) is 54.6 Å². The van der Waals surface area contributed by atoms with Crippen LogP contribution in [-0.2, 0) is 0 Å². The molecule has 2 rings (SSSR count). The fourth-order valence-corrected chi connectivity index (χ4v) is 1.43. The summed E-state index contributed by atoms with van der Waals surface area (Å²) in [7, 11) is 0. The van der Waals surface area contributed by atoms with E-state index in [-0.39, 0.29) is 11.7 Å². The second-order valence-electron chi connectivity index (χ2n) is 4.02. The van der Waals surface area contributed by atoms with E-state index >= 15 is 0 Å². The zero-order valence-electron chi connectivity index (χ0n) is 10.3. The number of furan rings is 1. The number of aryl methyl sites for hydroxylation is 2. The van der Waals surface area contributed by atoms with Gasteiger partial charge in [0, 0.05) is 0 Å². The Hall–Kier alpha value is -2.36. The molecule has 0 saturated carbocycles. The second kappa shape index (κ2) is 5.31. The summed E-state index contributed by atoms with van der Waals surface area (Å²) in [6.45, 7) is 3.80. The highest BCUT2D eigenvalue weighted by Gasteiger charge is 2.07. The van der Waals surface area contributed by atoms with E-state index in [9.17, 15) is 4.79 Å². The van der Waals surface area contributed by atoms with Gasteiger partial charge in [-0.15, -0.1) is 0 Å². The van der Waals surface area contributed by atoms with Crippen molar-refractivity contribution in [1.82, 2.24) is 5.43 Å². The maximum absolute atomic E-state index is 11.6. The van der Waals surface area contributed by atoms with Crippen LogP contribution >= 0.6 is 0 Å². The van der Waals surface area contributed by atoms with Gasteiger partial charge in [-0.2, -0.15) is 5.10 Å². The van der Waals surface area contributed by atoms with Crippen LogP contribution in [0.3, 0.4) is 0 Å². The van der Waals surface area contributed by atoms with Crippen LogP contribution in [0.15, 0.2) is 45.9 Å². The molecule has 0 unspecified atom stereocenters. The minimum absolute atomic E-state index is 0.258. The molecule has 0 saturated heterocycles. The number of hydrazone groups is 1. The molecular weight excluding hydrogens is 228 g/mol. The van der Waals surface area contributed by atoms with E-state index in [4.69, 9.17) is 4.42 Å². The van der Waals surface area contributed by atoms with Crippen LogP contribution in [0.4, 0.5) is 0 Å². The zero-order chi connectivity index (χ0) is 13.0. The number of nitrogens with zero attached hydrogens (tertiary/aromatic N) is 1. The first-order chi connectivity index (χ1) is 8.65. The standard InChI is InChI=1S/C14H14N2O2/c1-10-3-6-12(7-4-10)9-15-16-14(17)13-8-5-11(2)18-13/h3-9H,1-2H3,(H,16,17). The van der Waals surface area contributed by atoms with Crippen molar-refractivity contribution in [2.75, 3.05) is 0 Å². The van der Waals surface area contributed by atoms with Gasteiger partial charge in [0.2, 0.25) is 0 Å².